The zero-order valence-corrected chi connectivity index (χ0v) is 29.2. The van der Waals surface area contributed by atoms with E-state index >= 15 is 0 Å². The molecule has 10 rings (SSSR count). The molecule has 0 amide bonds. The first-order chi connectivity index (χ1) is 25.8. The van der Waals surface area contributed by atoms with Gasteiger partial charge in [0, 0.05) is 26.8 Å². The van der Waals surface area contributed by atoms with E-state index in [1.807, 2.05) is 11.3 Å². The summed E-state index contributed by atoms with van der Waals surface area (Å²) in [7, 11) is 0. The second kappa shape index (κ2) is 12.7. The van der Waals surface area contributed by atoms with E-state index in [9.17, 15) is 0 Å². The van der Waals surface area contributed by atoms with Crippen molar-refractivity contribution in [2.24, 2.45) is 0 Å². The predicted molar refractivity (Wildman–Crippen MR) is 225 cm³/mol. The molecule has 244 valence electrons. The zero-order valence-electron chi connectivity index (χ0n) is 28.4. The molecule has 1 nitrogen and oxygen atoms in total. The van der Waals surface area contributed by atoms with E-state index < -0.39 is 0 Å². The summed E-state index contributed by atoms with van der Waals surface area (Å²) in [6.07, 6.45) is 0. The summed E-state index contributed by atoms with van der Waals surface area (Å²) >= 11 is 1.87. The van der Waals surface area contributed by atoms with Gasteiger partial charge < -0.3 is 4.90 Å². The second-order valence-corrected chi connectivity index (χ2v) is 14.3. The Hall–Kier alpha value is -6.48. The largest absolute Gasteiger partial charge is 0.309 e. The molecule has 0 bridgehead atoms. The molecule has 0 radical (unpaired) electrons. The van der Waals surface area contributed by atoms with Crippen molar-refractivity contribution in [2.45, 2.75) is 0 Å². The van der Waals surface area contributed by atoms with Crippen LogP contribution >= 0.6 is 11.3 Å². The van der Waals surface area contributed by atoms with E-state index in [0.717, 1.165) is 11.4 Å². The van der Waals surface area contributed by atoms with Crippen LogP contribution in [0.25, 0.3) is 75.1 Å². The molecule has 2 heteroatoms. The van der Waals surface area contributed by atoms with Crippen LogP contribution in [0.1, 0.15) is 0 Å². The van der Waals surface area contributed by atoms with Gasteiger partial charge in [0.1, 0.15) is 0 Å². The van der Waals surface area contributed by atoms with Crippen LogP contribution in [0.2, 0.25) is 0 Å². The Bertz CT molecular complexity index is 2900. The maximum Gasteiger partial charge on any atom is 0.0640 e. The van der Waals surface area contributed by atoms with Crippen LogP contribution in [0.5, 0.6) is 0 Å². The summed E-state index contributed by atoms with van der Waals surface area (Å²) < 4.78 is 2.58. The highest BCUT2D eigenvalue weighted by Gasteiger charge is 2.20. The number of hydrogen-bond donors (Lipinski definition) is 0. The Labute approximate surface area is 307 Å². The quantitative estimate of drug-likeness (QED) is 0.169. The minimum atomic E-state index is 1.12. The van der Waals surface area contributed by atoms with Gasteiger partial charge >= 0.3 is 0 Å². The predicted octanol–water partition coefficient (Wildman–Crippen LogP) is 14.8. The molecular weight excluding hydrogens is 647 g/mol. The van der Waals surface area contributed by atoms with E-state index in [0.29, 0.717) is 0 Å². The molecule has 0 fully saturated rings. The Balaban J connectivity index is 1.17. The number of fused-ring (bicyclic) bond motifs is 5. The lowest BCUT2D eigenvalue weighted by Gasteiger charge is -2.27. The van der Waals surface area contributed by atoms with Gasteiger partial charge in [-0.2, -0.15) is 0 Å². The second-order valence-electron chi connectivity index (χ2n) is 13.3. The number of hydrogen-bond acceptors (Lipinski definition) is 2. The van der Waals surface area contributed by atoms with E-state index in [1.54, 1.807) is 0 Å². The van der Waals surface area contributed by atoms with Gasteiger partial charge in [0.25, 0.3) is 0 Å². The third-order valence-corrected chi connectivity index (χ3v) is 11.5. The topological polar surface area (TPSA) is 3.24 Å². The fourth-order valence-electron chi connectivity index (χ4n) is 7.84. The van der Waals surface area contributed by atoms with E-state index in [-0.39, 0.29) is 0 Å². The van der Waals surface area contributed by atoms with Gasteiger partial charge in [-0.25, -0.2) is 0 Å². The van der Waals surface area contributed by atoms with Crippen LogP contribution in [0, 0.1) is 0 Å². The molecule has 52 heavy (non-hydrogen) atoms. The van der Waals surface area contributed by atoms with Gasteiger partial charge in [-0.3, -0.25) is 0 Å². The average molecular weight is 680 g/mol. The number of anilines is 3. The van der Waals surface area contributed by atoms with Crippen LogP contribution in [-0.2, 0) is 0 Å². The molecule has 0 N–H and O–H groups in total. The van der Waals surface area contributed by atoms with Crippen molar-refractivity contribution in [3.05, 3.63) is 200 Å². The molecule has 0 spiro atoms. The monoisotopic (exact) mass is 679 g/mol. The number of rotatable bonds is 6. The maximum absolute atomic E-state index is 2.44. The molecule has 1 aromatic heterocycles. The van der Waals surface area contributed by atoms with Crippen LogP contribution in [0.3, 0.4) is 0 Å². The lowest BCUT2D eigenvalue weighted by Crippen LogP contribution is -2.10. The Kier molecular flexibility index (Phi) is 7.41. The number of thiophene rings is 1. The van der Waals surface area contributed by atoms with Gasteiger partial charge in [-0.05, 0) is 91.3 Å². The minimum absolute atomic E-state index is 1.12. The highest BCUT2D eigenvalue weighted by molar-refractivity contribution is 7.26. The fraction of sp³-hybridized carbons (Fsp3) is 0. The lowest BCUT2D eigenvalue weighted by molar-refractivity contribution is 1.30. The highest BCUT2D eigenvalue weighted by atomic mass is 32.1. The summed E-state index contributed by atoms with van der Waals surface area (Å²) in [5.41, 5.74) is 10.7. The summed E-state index contributed by atoms with van der Waals surface area (Å²) in [5.74, 6) is 0. The molecule has 0 saturated carbocycles. The summed E-state index contributed by atoms with van der Waals surface area (Å²) in [5, 5.41) is 7.60. The highest BCUT2D eigenvalue weighted by Crippen LogP contribution is 2.46. The van der Waals surface area contributed by atoms with Crippen LogP contribution < -0.4 is 4.90 Å². The lowest BCUT2D eigenvalue weighted by atomic mass is 9.89. The molecule has 10 aromatic rings. The summed E-state index contributed by atoms with van der Waals surface area (Å²) in [6.45, 7) is 0. The third kappa shape index (κ3) is 5.16. The Morgan fingerprint density at radius 2 is 0.981 bits per heavy atom. The fourth-order valence-corrected chi connectivity index (χ4v) is 9.05. The van der Waals surface area contributed by atoms with Crippen LogP contribution in [0.15, 0.2) is 200 Å². The molecule has 0 atom stereocenters. The molecule has 0 unspecified atom stereocenters. The van der Waals surface area contributed by atoms with Gasteiger partial charge in [0.15, 0.2) is 0 Å². The van der Waals surface area contributed by atoms with Crippen molar-refractivity contribution in [3.8, 4) is 33.4 Å². The van der Waals surface area contributed by atoms with Crippen molar-refractivity contribution in [3.63, 3.8) is 0 Å². The molecule has 0 aliphatic heterocycles. The summed E-state index contributed by atoms with van der Waals surface area (Å²) in [6, 6.07) is 72.9. The molecule has 0 saturated heterocycles. The van der Waals surface area contributed by atoms with Crippen molar-refractivity contribution in [1.82, 2.24) is 0 Å². The molecule has 0 aliphatic rings. The smallest absolute Gasteiger partial charge is 0.0640 e. The van der Waals surface area contributed by atoms with E-state index in [4.69, 9.17) is 0 Å². The molecule has 9 aromatic carbocycles. The normalized spacial score (nSPS) is 11.5. The van der Waals surface area contributed by atoms with Crippen LogP contribution in [-0.4, -0.2) is 0 Å². The van der Waals surface area contributed by atoms with Gasteiger partial charge in [-0.15, -0.1) is 11.3 Å². The average Bonchev–Trinajstić information content (AvgIpc) is 3.61. The van der Waals surface area contributed by atoms with E-state index in [1.165, 1.54) is 80.8 Å². The zero-order chi connectivity index (χ0) is 34.4. The van der Waals surface area contributed by atoms with Gasteiger partial charge in [-0.1, -0.05) is 164 Å². The standard InChI is InChI=1S/C50H33NS/c1-2-15-37(16-3-1)49-43-21-7-5-14-35(43)29-32-44(49)38-18-10-19-40(33-38)51(47-25-12-24-46-45-22-8-9-26-48(45)52-50(46)47)39-30-27-36(28-31-39)42-23-11-17-34-13-4-6-20-41(34)42/h1-33H. The first-order valence-corrected chi connectivity index (χ1v) is 18.6. The number of nitrogens with zero attached hydrogens (tertiary/aromatic N) is 1. The SMILES string of the molecule is c1ccc(-c2c(-c3cccc(N(c4ccc(-c5cccc6ccccc56)cc4)c4cccc5c4sc4ccccc45)c3)ccc3ccccc23)cc1. The van der Waals surface area contributed by atoms with Gasteiger partial charge in [0.2, 0.25) is 0 Å². The van der Waals surface area contributed by atoms with Crippen molar-refractivity contribution < 1.29 is 0 Å². The minimum Gasteiger partial charge on any atom is -0.309 e. The van der Waals surface area contributed by atoms with Gasteiger partial charge in [0.05, 0.1) is 10.4 Å². The number of benzene rings is 9. The summed E-state index contributed by atoms with van der Waals surface area (Å²) in [4.78, 5) is 2.44. The molecule has 1 heterocycles. The van der Waals surface area contributed by atoms with Crippen molar-refractivity contribution in [1.29, 1.82) is 0 Å². The van der Waals surface area contributed by atoms with Crippen LogP contribution in [0.4, 0.5) is 17.1 Å². The van der Waals surface area contributed by atoms with Crippen molar-refractivity contribution in [2.75, 3.05) is 4.90 Å². The Morgan fingerprint density at radius 1 is 0.346 bits per heavy atom. The molecular formula is C50H33NS. The maximum atomic E-state index is 2.44. The first-order valence-electron chi connectivity index (χ1n) is 17.8. The molecule has 0 aliphatic carbocycles. The Morgan fingerprint density at radius 3 is 1.83 bits per heavy atom. The third-order valence-electron chi connectivity index (χ3n) is 10.3. The van der Waals surface area contributed by atoms with Crippen molar-refractivity contribution >= 4 is 70.1 Å². The van der Waals surface area contributed by atoms with E-state index in [2.05, 4.69) is 205 Å². The first kappa shape index (κ1) is 30.4.